The Kier molecular flexibility index (Phi) is 56.9. The molecule has 0 aliphatic heterocycles. The lowest BCUT2D eigenvalue weighted by molar-refractivity contribution is -0.148. The topological polar surface area (TPSA) is 196 Å². The van der Waals surface area contributed by atoms with Gasteiger partial charge >= 0.3 is 5.97 Å². The van der Waals surface area contributed by atoms with Crippen LogP contribution >= 0.6 is 0 Å². The number of aliphatic hydroxyl groups is 2. The average Bonchev–Trinajstić information content (AvgIpc) is 3.30. The van der Waals surface area contributed by atoms with Gasteiger partial charge in [0.1, 0.15) is 12.7 Å². The minimum atomic E-state index is -1.06. The van der Waals surface area contributed by atoms with Crippen LogP contribution in [0.3, 0.4) is 0 Å². The van der Waals surface area contributed by atoms with Crippen LogP contribution in [-0.4, -0.2) is 220 Å². The fourth-order valence-electron chi connectivity index (χ4n) is 5.48. The third-order valence-electron chi connectivity index (χ3n) is 9.08. The van der Waals surface area contributed by atoms with Crippen LogP contribution in [0.5, 0.6) is 0 Å². The minimum absolute atomic E-state index is 0.0644. The SMILES string of the molecule is CCCCCCCCCCCCCCOCCOCCOCCOCCOCCOCCOCCOCCOCCOCCOCCOCCOCCOCCC(=O)OCC(O)CO. The van der Waals surface area contributed by atoms with Crippen molar-refractivity contribution in [3.63, 3.8) is 0 Å². The first-order valence-corrected chi connectivity index (χ1v) is 24.2. The summed E-state index contributed by atoms with van der Waals surface area (Å²) in [6.45, 7) is 15.4. The van der Waals surface area contributed by atoms with Gasteiger partial charge in [0.15, 0.2) is 0 Å². The quantitative estimate of drug-likeness (QED) is 0.0650. The summed E-state index contributed by atoms with van der Waals surface area (Å²) in [5.41, 5.74) is 0. The minimum Gasteiger partial charge on any atom is -0.463 e. The molecule has 0 spiro atoms. The Morgan fingerprint density at radius 2 is 0.547 bits per heavy atom. The number of aliphatic hydroxyl groups excluding tert-OH is 2. The molecule has 64 heavy (non-hydrogen) atoms. The third-order valence-corrected chi connectivity index (χ3v) is 9.08. The molecule has 1 atom stereocenters. The molecule has 0 aromatic rings. The lowest BCUT2D eigenvalue weighted by Crippen LogP contribution is -2.22. The van der Waals surface area contributed by atoms with Crippen LogP contribution in [0.1, 0.15) is 90.4 Å². The van der Waals surface area contributed by atoms with Gasteiger partial charge < -0.3 is 81.3 Å². The van der Waals surface area contributed by atoms with Crippen LogP contribution in [0.4, 0.5) is 0 Å². The van der Waals surface area contributed by atoms with Crippen molar-refractivity contribution in [3.05, 3.63) is 0 Å². The van der Waals surface area contributed by atoms with Crippen LogP contribution in [0.25, 0.3) is 0 Å². The Morgan fingerprint density at radius 3 is 0.797 bits per heavy atom. The van der Waals surface area contributed by atoms with Gasteiger partial charge in [-0.05, 0) is 6.42 Å². The van der Waals surface area contributed by atoms with Crippen LogP contribution in [0, 0.1) is 0 Å². The summed E-state index contributed by atoms with van der Waals surface area (Å²) in [6, 6.07) is 0. The highest BCUT2D eigenvalue weighted by atomic mass is 16.6. The maximum atomic E-state index is 11.4. The van der Waals surface area contributed by atoms with Crippen molar-refractivity contribution in [2.45, 2.75) is 96.5 Å². The van der Waals surface area contributed by atoms with Gasteiger partial charge in [-0.2, -0.15) is 0 Å². The molecule has 0 radical (unpaired) electrons. The van der Waals surface area contributed by atoms with E-state index in [1.807, 2.05) is 0 Å². The van der Waals surface area contributed by atoms with E-state index in [-0.39, 0.29) is 19.6 Å². The van der Waals surface area contributed by atoms with Gasteiger partial charge in [-0.15, -0.1) is 0 Å². The van der Waals surface area contributed by atoms with Crippen LogP contribution in [-0.2, 0) is 75.8 Å². The van der Waals surface area contributed by atoms with Crippen molar-refractivity contribution in [1.29, 1.82) is 0 Å². The van der Waals surface area contributed by atoms with Crippen molar-refractivity contribution in [3.8, 4) is 0 Å². The Bertz CT molecular complexity index is 864. The zero-order chi connectivity index (χ0) is 46.2. The van der Waals surface area contributed by atoms with Gasteiger partial charge in [-0.25, -0.2) is 0 Å². The van der Waals surface area contributed by atoms with Gasteiger partial charge in [-0.3, -0.25) is 4.79 Å². The van der Waals surface area contributed by atoms with Gasteiger partial charge in [0.25, 0.3) is 0 Å². The summed E-state index contributed by atoms with van der Waals surface area (Å²) >= 11 is 0. The molecule has 0 bridgehead atoms. The lowest BCUT2D eigenvalue weighted by Gasteiger charge is -2.09. The molecular formula is C46H92O18. The predicted octanol–water partition coefficient (Wildman–Crippen LogP) is 4.21. The van der Waals surface area contributed by atoms with E-state index in [2.05, 4.69) is 6.92 Å². The summed E-state index contributed by atoms with van der Waals surface area (Å²) in [5.74, 6) is -0.497. The van der Waals surface area contributed by atoms with Crippen molar-refractivity contribution in [1.82, 2.24) is 0 Å². The Balaban J connectivity index is 3.09. The first-order valence-electron chi connectivity index (χ1n) is 24.2. The summed E-state index contributed by atoms with van der Waals surface area (Å²) in [4.78, 5) is 11.4. The monoisotopic (exact) mass is 933 g/mol. The van der Waals surface area contributed by atoms with Gasteiger partial charge in [0, 0.05) is 6.61 Å². The number of carbonyl (C=O) groups is 1. The molecule has 1 unspecified atom stereocenters. The van der Waals surface area contributed by atoms with E-state index in [1.54, 1.807) is 0 Å². The molecule has 0 fully saturated rings. The molecule has 0 saturated carbocycles. The first-order chi connectivity index (χ1) is 31.7. The molecule has 0 amide bonds. The summed E-state index contributed by atoms with van der Waals surface area (Å²) < 4.78 is 81.7. The molecule has 0 heterocycles. The van der Waals surface area contributed by atoms with E-state index in [1.165, 1.54) is 70.6 Å². The summed E-state index contributed by atoms with van der Waals surface area (Å²) in [5, 5.41) is 17.8. The number of hydrogen-bond acceptors (Lipinski definition) is 18. The van der Waals surface area contributed by atoms with Crippen LogP contribution in [0.2, 0.25) is 0 Å². The number of rotatable bonds is 58. The molecular weight excluding hydrogens is 840 g/mol. The smallest absolute Gasteiger partial charge is 0.308 e. The van der Waals surface area contributed by atoms with E-state index in [4.69, 9.17) is 81.3 Å². The number of unbranched alkanes of at least 4 members (excludes halogenated alkanes) is 11. The van der Waals surface area contributed by atoms with Crippen molar-refractivity contribution in [2.75, 3.05) is 198 Å². The standard InChI is InChI=1S/C46H92O18/c1-2-3-4-5-6-7-8-9-10-11-12-13-15-50-17-19-52-21-23-54-25-27-56-29-31-58-33-35-60-37-39-62-41-42-63-40-38-61-36-34-59-32-30-57-28-26-55-24-22-53-20-18-51-16-14-46(49)64-44-45(48)43-47/h45,47-48H,2-44H2,1H3. The number of hydrogen-bond donors (Lipinski definition) is 2. The van der Waals surface area contributed by atoms with Crippen molar-refractivity contribution in [2.24, 2.45) is 0 Å². The van der Waals surface area contributed by atoms with E-state index < -0.39 is 18.7 Å². The molecule has 0 aliphatic carbocycles. The number of ether oxygens (including phenoxy) is 15. The second-order valence-corrected chi connectivity index (χ2v) is 14.7. The Labute approximate surface area is 386 Å². The maximum absolute atomic E-state index is 11.4. The maximum Gasteiger partial charge on any atom is 0.308 e. The molecule has 0 rings (SSSR count). The number of esters is 1. The molecule has 0 saturated heterocycles. The average molecular weight is 933 g/mol. The zero-order valence-electron chi connectivity index (χ0n) is 39.9. The molecule has 2 N–H and O–H groups in total. The van der Waals surface area contributed by atoms with Gasteiger partial charge in [0.2, 0.25) is 0 Å². The highest BCUT2D eigenvalue weighted by molar-refractivity contribution is 5.69. The van der Waals surface area contributed by atoms with Gasteiger partial charge in [-0.1, -0.05) is 77.6 Å². The first kappa shape index (κ1) is 62.8. The summed E-state index contributed by atoms with van der Waals surface area (Å²) in [6.07, 6.45) is 15.2. The highest BCUT2D eigenvalue weighted by Gasteiger charge is 2.07. The normalized spacial score (nSPS) is 12.1. The zero-order valence-corrected chi connectivity index (χ0v) is 39.9. The number of carbonyl (C=O) groups excluding carboxylic acids is 1. The van der Waals surface area contributed by atoms with E-state index in [0.29, 0.717) is 172 Å². The molecule has 18 heteroatoms. The highest BCUT2D eigenvalue weighted by Crippen LogP contribution is 2.12. The molecule has 0 aliphatic rings. The van der Waals surface area contributed by atoms with Gasteiger partial charge in [0.05, 0.1) is 191 Å². The van der Waals surface area contributed by atoms with E-state index >= 15 is 0 Å². The molecule has 0 aromatic heterocycles. The van der Waals surface area contributed by atoms with E-state index in [0.717, 1.165) is 13.0 Å². The molecule has 18 nitrogen and oxygen atoms in total. The molecule has 0 aromatic carbocycles. The fraction of sp³-hybridized carbons (Fsp3) is 0.978. The van der Waals surface area contributed by atoms with Crippen molar-refractivity contribution < 1.29 is 86.1 Å². The van der Waals surface area contributed by atoms with Crippen LogP contribution in [0.15, 0.2) is 0 Å². The second kappa shape index (κ2) is 58.0. The Hall–Kier alpha value is -1.17. The Morgan fingerprint density at radius 1 is 0.328 bits per heavy atom. The largest absolute Gasteiger partial charge is 0.463 e. The summed E-state index contributed by atoms with van der Waals surface area (Å²) in [7, 11) is 0. The predicted molar refractivity (Wildman–Crippen MR) is 241 cm³/mol. The third kappa shape index (κ3) is 57.0. The molecule has 384 valence electrons. The van der Waals surface area contributed by atoms with E-state index in [9.17, 15) is 4.79 Å². The van der Waals surface area contributed by atoms with Crippen LogP contribution < -0.4 is 0 Å². The fourth-order valence-corrected chi connectivity index (χ4v) is 5.48. The second-order valence-electron chi connectivity index (χ2n) is 14.7. The lowest BCUT2D eigenvalue weighted by atomic mass is 10.1. The van der Waals surface area contributed by atoms with Crippen molar-refractivity contribution >= 4 is 5.97 Å².